The first-order chi connectivity index (χ1) is 15.5. The van der Waals surface area contributed by atoms with E-state index >= 15 is 0 Å². The number of carbonyl (C=O) groups excluding carboxylic acids is 2. The Labute approximate surface area is 192 Å². The molecule has 2 aliphatic rings. The number of nitrogens with one attached hydrogen (secondary N) is 1. The topological polar surface area (TPSA) is 58.6 Å². The molecule has 0 aromatic heterocycles. The molecule has 0 spiro atoms. The third-order valence-electron chi connectivity index (χ3n) is 6.46. The minimum absolute atomic E-state index is 0.0240. The van der Waals surface area contributed by atoms with Gasteiger partial charge in [-0.3, -0.25) is 9.59 Å². The van der Waals surface area contributed by atoms with Crippen LogP contribution in [0.4, 0.5) is 5.69 Å². The zero-order valence-electron chi connectivity index (χ0n) is 17.9. The predicted octanol–water partition coefficient (Wildman–Crippen LogP) is 5.13. The lowest BCUT2D eigenvalue weighted by Crippen LogP contribution is -2.49. The number of ether oxygens (including phenoxy) is 1. The van der Waals surface area contributed by atoms with E-state index in [2.05, 4.69) is 11.4 Å². The number of rotatable bonds is 3. The molecule has 3 aromatic carbocycles. The molecule has 0 aliphatic carbocycles. The van der Waals surface area contributed by atoms with Crippen molar-refractivity contribution < 1.29 is 14.3 Å². The van der Waals surface area contributed by atoms with E-state index in [1.54, 1.807) is 13.2 Å². The summed E-state index contributed by atoms with van der Waals surface area (Å²) in [7, 11) is 1.55. The summed E-state index contributed by atoms with van der Waals surface area (Å²) in [6.45, 7) is 2.47. The first-order valence-corrected chi connectivity index (χ1v) is 11.0. The molecule has 0 saturated carbocycles. The van der Waals surface area contributed by atoms with Gasteiger partial charge in [0.05, 0.1) is 24.8 Å². The maximum absolute atomic E-state index is 13.8. The number of methoxy groups -OCH3 is 1. The van der Waals surface area contributed by atoms with Crippen LogP contribution in [0.25, 0.3) is 0 Å². The van der Waals surface area contributed by atoms with E-state index in [4.69, 9.17) is 16.3 Å². The summed E-state index contributed by atoms with van der Waals surface area (Å²) in [5, 5.41) is 3.63. The zero-order chi connectivity index (χ0) is 22.4. The van der Waals surface area contributed by atoms with Crippen molar-refractivity contribution in [3.63, 3.8) is 0 Å². The fourth-order valence-electron chi connectivity index (χ4n) is 4.90. The van der Waals surface area contributed by atoms with Crippen LogP contribution in [-0.2, 0) is 11.2 Å². The summed E-state index contributed by atoms with van der Waals surface area (Å²) in [5.41, 5.74) is 4.94. The van der Waals surface area contributed by atoms with Crippen LogP contribution in [0.15, 0.2) is 60.7 Å². The molecule has 6 heteroatoms. The van der Waals surface area contributed by atoms with Gasteiger partial charge in [-0.05, 0) is 47.7 Å². The van der Waals surface area contributed by atoms with Gasteiger partial charge in [0.1, 0.15) is 5.75 Å². The minimum Gasteiger partial charge on any atom is -0.495 e. The second-order valence-corrected chi connectivity index (χ2v) is 8.66. The molecule has 5 rings (SSSR count). The lowest BCUT2D eigenvalue weighted by molar-refractivity contribution is -0.119. The van der Waals surface area contributed by atoms with E-state index in [-0.39, 0.29) is 17.9 Å². The lowest BCUT2D eigenvalue weighted by Gasteiger charge is -2.45. The normalized spacial score (nSPS) is 19.0. The van der Waals surface area contributed by atoms with Crippen LogP contribution in [0.1, 0.15) is 44.6 Å². The molecule has 2 aliphatic heterocycles. The van der Waals surface area contributed by atoms with Crippen molar-refractivity contribution >= 4 is 29.1 Å². The maximum Gasteiger partial charge on any atom is 0.254 e. The average Bonchev–Trinajstić information content (AvgIpc) is 2.81. The molecule has 0 bridgehead atoms. The van der Waals surface area contributed by atoms with Crippen molar-refractivity contribution in [2.24, 2.45) is 0 Å². The molecule has 0 unspecified atom stereocenters. The highest BCUT2D eigenvalue weighted by Crippen LogP contribution is 2.46. The molecule has 2 amide bonds. The number of anilines is 1. The number of hydrogen-bond acceptors (Lipinski definition) is 3. The van der Waals surface area contributed by atoms with Crippen LogP contribution in [0.5, 0.6) is 5.75 Å². The third-order valence-corrected chi connectivity index (χ3v) is 6.86. The molecule has 162 valence electrons. The molecule has 32 heavy (non-hydrogen) atoms. The Morgan fingerprint density at radius 1 is 1.09 bits per heavy atom. The number of carbonyl (C=O) groups is 2. The van der Waals surface area contributed by atoms with Crippen LogP contribution < -0.4 is 10.1 Å². The summed E-state index contributed by atoms with van der Waals surface area (Å²) >= 11 is 6.24. The number of hydrogen-bond donors (Lipinski definition) is 1. The van der Waals surface area contributed by atoms with Gasteiger partial charge in [-0.25, -0.2) is 0 Å². The molecule has 2 heterocycles. The number of halogens is 1. The van der Waals surface area contributed by atoms with E-state index in [0.717, 1.165) is 23.1 Å². The summed E-state index contributed by atoms with van der Waals surface area (Å²) < 4.78 is 5.46. The van der Waals surface area contributed by atoms with Crippen molar-refractivity contribution in [1.82, 2.24) is 4.90 Å². The van der Waals surface area contributed by atoms with Crippen molar-refractivity contribution in [3.05, 3.63) is 93.5 Å². The van der Waals surface area contributed by atoms with Gasteiger partial charge >= 0.3 is 0 Å². The van der Waals surface area contributed by atoms with E-state index in [1.807, 2.05) is 60.4 Å². The molecule has 0 saturated heterocycles. The molecule has 0 fully saturated rings. The van der Waals surface area contributed by atoms with Gasteiger partial charge in [-0.2, -0.15) is 0 Å². The second kappa shape index (κ2) is 7.99. The number of nitrogens with zero attached hydrogens (tertiary/aromatic N) is 1. The molecular weight excluding hydrogens is 424 g/mol. The molecule has 2 atom stereocenters. The monoisotopic (exact) mass is 446 g/mol. The average molecular weight is 447 g/mol. The SMILES string of the molecule is COc1cc(Cl)c(C)cc1NC(=O)[C@@H]1c2ccccc2C(=O)N2CCc3ccccc3[C@H]12. The Bertz CT molecular complexity index is 1240. The van der Waals surface area contributed by atoms with Gasteiger partial charge < -0.3 is 15.0 Å². The highest BCUT2D eigenvalue weighted by atomic mass is 35.5. The highest BCUT2D eigenvalue weighted by Gasteiger charge is 2.46. The fraction of sp³-hybridized carbons (Fsp3) is 0.231. The predicted molar refractivity (Wildman–Crippen MR) is 124 cm³/mol. The molecule has 1 N–H and O–H groups in total. The van der Waals surface area contributed by atoms with Crippen molar-refractivity contribution in [2.75, 3.05) is 19.0 Å². The Balaban J connectivity index is 1.63. The molecule has 5 nitrogen and oxygen atoms in total. The molecular formula is C26H23ClN2O3. The van der Waals surface area contributed by atoms with Crippen LogP contribution in [0.2, 0.25) is 5.02 Å². The van der Waals surface area contributed by atoms with E-state index in [1.165, 1.54) is 5.56 Å². The van der Waals surface area contributed by atoms with Gasteiger partial charge in [0.25, 0.3) is 5.91 Å². The van der Waals surface area contributed by atoms with Gasteiger partial charge in [0.2, 0.25) is 5.91 Å². The van der Waals surface area contributed by atoms with E-state index in [9.17, 15) is 9.59 Å². The quantitative estimate of drug-likeness (QED) is 0.606. The van der Waals surface area contributed by atoms with Crippen molar-refractivity contribution in [1.29, 1.82) is 0 Å². The summed E-state index contributed by atoms with van der Waals surface area (Å²) in [4.78, 5) is 29.0. The Kier molecular flexibility index (Phi) is 5.14. The highest BCUT2D eigenvalue weighted by molar-refractivity contribution is 6.31. The first-order valence-electron chi connectivity index (χ1n) is 10.6. The zero-order valence-corrected chi connectivity index (χ0v) is 18.6. The number of fused-ring (bicyclic) bond motifs is 4. The minimum atomic E-state index is -0.550. The molecule has 3 aromatic rings. The van der Waals surface area contributed by atoms with Crippen LogP contribution in [0, 0.1) is 6.92 Å². The summed E-state index contributed by atoms with van der Waals surface area (Å²) in [6.07, 6.45) is 0.777. The molecule has 0 radical (unpaired) electrons. The number of benzene rings is 3. The Morgan fingerprint density at radius 3 is 2.59 bits per heavy atom. The van der Waals surface area contributed by atoms with E-state index in [0.29, 0.717) is 28.6 Å². The van der Waals surface area contributed by atoms with Gasteiger partial charge in [-0.15, -0.1) is 0 Å². The van der Waals surface area contributed by atoms with Crippen LogP contribution in [0.3, 0.4) is 0 Å². The number of aryl methyl sites for hydroxylation is 1. The van der Waals surface area contributed by atoms with Gasteiger partial charge in [0.15, 0.2) is 0 Å². The van der Waals surface area contributed by atoms with Crippen molar-refractivity contribution in [3.8, 4) is 5.75 Å². The fourth-order valence-corrected chi connectivity index (χ4v) is 5.05. The second-order valence-electron chi connectivity index (χ2n) is 8.25. The van der Waals surface area contributed by atoms with Gasteiger partial charge in [0, 0.05) is 23.2 Å². The Morgan fingerprint density at radius 2 is 1.81 bits per heavy atom. The standard InChI is InChI=1S/C26H23ClN2O3/c1-15-13-21(22(32-2)14-20(15)27)28-25(30)23-18-9-5-6-10-19(18)26(31)29-12-11-16-7-3-4-8-17(16)24(23)29/h3-10,13-14,23-24H,11-12H2,1-2H3,(H,28,30)/t23-,24-/m1/s1. The van der Waals surface area contributed by atoms with E-state index < -0.39 is 5.92 Å². The maximum atomic E-state index is 13.8. The van der Waals surface area contributed by atoms with Gasteiger partial charge in [-0.1, -0.05) is 54.1 Å². The van der Waals surface area contributed by atoms with Crippen LogP contribution in [-0.4, -0.2) is 30.4 Å². The smallest absolute Gasteiger partial charge is 0.254 e. The third kappa shape index (κ3) is 3.24. The van der Waals surface area contributed by atoms with Crippen molar-refractivity contribution in [2.45, 2.75) is 25.3 Å². The number of amides is 2. The Hall–Kier alpha value is -3.31. The first kappa shape index (κ1) is 20.6. The lowest BCUT2D eigenvalue weighted by atomic mass is 9.76. The largest absolute Gasteiger partial charge is 0.495 e. The summed E-state index contributed by atoms with van der Waals surface area (Å²) in [6, 6.07) is 18.6. The summed E-state index contributed by atoms with van der Waals surface area (Å²) in [5.74, 6) is -0.262. The van der Waals surface area contributed by atoms with Crippen LogP contribution >= 0.6 is 11.6 Å².